The molecule has 2 rings (SSSR count). The molecule has 5 heteroatoms. The first-order valence-electron chi connectivity index (χ1n) is 8.20. The van der Waals surface area contributed by atoms with Crippen molar-refractivity contribution in [3.8, 4) is 11.5 Å². The van der Waals surface area contributed by atoms with Crippen LogP contribution in [0.3, 0.4) is 0 Å². The molecule has 25 heavy (non-hydrogen) atoms. The number of aryl methyl sites for hydroxylation is 1. The van der Waals surface area contributed by atoms with Crippen LogP contribution in [0.4, 0.5) is 0 Å². The Balaban J connectivity index is 1.89. The summed E-state index contributed by atoms with van der Waals surface area (Å²) in [6, 6.07) is 13.6. The number of carbonyl (C=O) groups is 1. The van der Waals surface area contributed by atoms with Crippen molar-refractivity contribution < 1.29 is 19.0 Å². The molecule has 0 fully saturated rings. The molecule has 0 saturated carbocycles. The smallest absolute Gasteiger partial charge is 0.220 e. The topological polar surface area (TPSA) is 56.8 Å². The highest BCUT2D eigenvalue weighted by Gasteiger charge is 2.07. The summed E-state index contributed by atoms with van der Waals surface area (Å²) >= 11 is 0. The summed E-state index contributed by atoms with van der Waals surface area (Å²) in [6.45, 7) is 1.04. The fourth-order valence-corrected chi connectivity index (χ4v) is 2.58. The van der Waals surface area contributed by atoms with Crippen LogP contribution in [-0.2, 0) is 29.1 Å². The number of hydrogen-bond acceptors (Lipinski definition) is 4. The lowest BCUT2D eigenvalue weighted by Crippen LogP contribution is -2.23. The molecule has 0 aliphatic carbocycles. The summed E-state index contributed by atoms with van der Waals surface area (Å²) in [5.74, 6) is 1.46. The minimum Gasteiger partial charge on any atom is -0.497 e. The standard InChI is InChI=1S/C20H25NO4/c1-23-14-17-7-5-4-6-16(17)13-21-20(22)9-8-15-10-18(24-2)12-19(11-15)25-3/h4-7,10-12H,8-9,13-14H2,1-3H3,(H,21,22). The maximum atomic E-state index is 12.2. The van der Waals surface area contributed by atoms with E-state index in [-0.39, 0.29) is 5.91 Å². The third-order valence-electron chi connectivity index (χ3n) is 3.95. The average Bonchev–Trinajstić information content (AvgIpc) is 2.65. The Hall–Kier alpha value is -2.53. The number of methoxy groups -OCH3 is 3. The average molecular weight is 343 g/mol. The molecule has 2 aromatic carbocycles. The van der Waals surface area contributed by atoms with Crippen molar-refractivity contribution >= 4 is 5.91 Å². The van der Waals surface area contributed by atoms with Gasteiger partial charge in [0.1, 0.15) is 11.5 Å². The van der Waals surface area contributed by atoms with Crippen molar-refractivity contribution in [1.82, 2.24) is 5.32 Å². The van der Waals surface area contributed by atoms with Crippen molar-refractivity contribution in [3.05, 3.63) is 59.2 Å². The first-order valence-corrected chi connectivity index (χ1v) is 8.20. The molecule has 0 atom stereocenters. The molecule has 0 aromatic heterocycles. The number of hydrogen-bond donors (Lipinski definition) is 1. The fourth-order valence-electron chi connectivity index (χ4n) is 2.58. The number of benzene rings is 2. The van der Waals surface area contributed by atoms with Crippen LogP contribution in [0, 0.1) is 0 Å². The van der Waals surface area contributed by atoms with Gasteiger partial charge in [0, 0.05) is 26.1 Å². The van der Waals surface area contributed by atoms with E-state index in [1.165, 1.54) is 0 Å². The summed E-state index contributed by atoms with van der Waals surface area (Å²) in [5, 5.41) is 2.97. The van der Waals surface area contributed by atoms with Gasteiger partial charge in [0.25, 0.3) is 0 Å². The van der Waals surface area contributed by atoms with E-state index in [2.05, 4.69) is 5.32 Å². The monoisotopic (exact) mass is 343 g/mol. The molecular weight excluding hydrogens is 318 g/mol. The number of carbonyl (C=O) groups excluding carboxylic acids is 1. The predicted molar refractivity (Wildman–Crippen MR) is 96.9 cm³/mol. The van der Waals surface area contributed by atoms with Gasteiger partial charge in [-0.1, -0.05) is 24.3 Å². The molecule has 0 unspecified atom stereocenters. The van der Waals surface area contributed by atoms with Gasteiger partial charge in [-0.15, -0.1) is 0 Å². The van der Waals surface area contributed by atoms with Crippen molar-refractivity contribution in [2.75, 3.05) is 21.3 Å². The van der Waals surface area contributed by atoms with Crippen LogP contribution in [0.15, 0.2) is 42.5 Å². The normalized spacial score (nSPS) is 10.4. The summed E-state index contributed by atoms with van der Waals surface area (Å²) in [7, 11) is 4.89. The van der Waals surface area contributed by atoms with Crippen LogP contribution < -0.4 is 14.8 Å². The zero-order valence-electron chi connectivity index (χ0n) is 15.0. The van der Waals surface area contributed by atoms with Gasteiger partial charge in [-0.05, 0) is 35.2 Å². The lowest BCUT2D eigenvalue weighted by atomic mass is 10.1. The molecular formula is C20H25NO4. The summed E-state index contributed by atoms with van der Waals surface area (Å²) in [6.07, 6.45) is 1.03. The van der Waals surface area contributed by atoms with E-state index in [0.29, 0.717) is 26.0 Å². The molecule has 0 heterocycles. The first kappa shape index (κ1) is 18.8. The quantitative estimate of drug-likeness (QED) is 0.760. The van der Waals surface area contributed by atoms with Crippen LogP contribution in [0.25, 0.3) is 0 Å². The van der Waals surface area contributed by atoms with E-state index in [0.717, 1.165) is 28.2 Å². The predicted octanol–water partition coefficient (Wildman–Crippen LogP) is 3.10. The Labute approximate surface area is 148 Å². The highest BCUT2D eigenvalue weighted by Crippen LogP contribution is 2.23. The SMILES string of the molecule is COCc1ccccc1CNC(=O)CCc1cc(OC)cc(OC)c1. The van der Waals surface area contributed by atoms with Gasteiger partial charge in [-0.3, -0.25) is 4.79 Å². The molecule has 134 valence electrons. The van der Waals surface area contributed by atoms with Crippen LogP contribution >= 0.6 is 0 Å². The first-order chi connectivity index (χ1) is 12.2. The van der Waals surface area contributed by atoms with E-state index in [1.807, 2.05) is 42.5 Å². The molecule has 5 nitrogen and oxygen atoms in total. The van der Waals surface area contributed by atoms with Gasteiger partial charge in [0.15, 0.2) is 0 Å². The van der Waals surface area contributed by atoms with E-state index < -0.39 is 0 Å². The highest BCUT2D eigenvalue weighted by molar-refractivity contribution is 5.76. The van der Waals surface area contributed by atoms with Gasteiger partial charge in [0.05, 0.1) is 20.8 Å². The molecule has 0 aliphatic rings. The second kappa shape index (κ2) is 9.69. The zero-order valence-corrected chi connectivity index (χ0v) is 15.0. The highest BCUT2D eigenvalue weighted by atomic mass is 16.5. The van der Waals surface area contributed by atoms with E-state index >= 15 is 0 Å². The van der Waals surface area contributed by atoms with Crippen molar-refractivity contribution in [2.24, 2.45) is 0 Å². The van der Waals surface area contributed by atoms with E-state index in [1.54, 1.807) is 21.3 Å². The van der Waals surface area contributed by atoms with Crippen LogP contribution in [0.5, 0.6) is 11.5 Å². The van der Waals surface area contributed by atoms with E-state index in [4.69, 9.17) is 14.2 Å². The Morgan fingerprint density at radius 2 is 1.60 bits per heavy atom. The maximum Gasteiger partial charge on any atom is 0.220 e. The lowest BCUT2D eigenvalue weighted by molar-refractivity contribution is -0.121. The molecule has 0 saturated heterocycles. The Morgan fingerprint density at radius 3 is 2.20 bits per heavy atom. The summed E-state index contributed by atoms with van der Waals surface area (Å²) < 4.78 is 15.7. The second-order valence-corrected chi connectivity index (χ2v) is 5.70. The van der Waals surface area contributed by atoms with Crippen LogP contribution in [0.2, 0.25) is 0 Å². The third kappa shape index (κ3) is 5.80. The molecule has 0 radical (unpaired) electrons. The van der Waals surface area contributed by atoms with Gasteiger partial charge in [-0.25, -0.2) is 0 Å². The number of rotatable bonds is 9. The zero-order chi connectivity index (χ0) is 18.1. The maximum absolute atomic E-state index is 12.2. The molecule has 0 aliphatic heterocycles. The lowest BCUT2D eigenvalue weighted by Gasteiger charge is -2.11. The van der Waals surface area contributed by atoms with Crippen LogP contribution in [0.1, 0.15) is 23.1 Å². The van der Waals surface area contributed by atoms with Gasteiger partial charge >= 0.3 is 0 Å². The van der Waals surface area contributed by atoms with Crippen LogP contribution in [-0.4, -0.2) is 27.2 Å². The fraction of sp³-hybridized carbons (Fsp3) is 0.350. The van der Waals surface area contributed by atoms with Crippen molar-refractivity contribution in [3.63, 3.8) is 0 Å². The summed E-state index contributed by atoms with van der Waals surface area (Å²) in [5.41, 5.74) is 3.16. The van der Waals surface area contributed by atoms with Crippen molar-refractivity contribution in [1.29, 1.82) is 0 Å². The van der Waals surface area contributed by atoms with Gasteiger partial charge in [-0.2, -0.15) is 0 Å². The minimum atomic E-state index is 0.00834. The Bertz CT molecular complexity index is 678. The Morgan fingerprint density at radius 1 is 0.960 bits per heavy atom. The number of amides is 1. The second-order valence-electron chi connectivity index (χ2n) is 5.70. The molecule has 1 amide bonds. The molecule has 1 N–H and O–H groups in total. The van der Waals surface area contributed by atoms with Gasteiger partial charge in [0.2, 0.25) is 5.91 Å². The molecule has 0 spiro atoms. The van der Waals surface area contributed by atoms with Gasteiger partial charge < -0.3 is 19.5 Å². The van der Waals surface area contributed by atoms with E-state index in [9.17, 15) is 4.79 Å². The molecule has 0 bridgehead atoms. The third-order valence-corrected chi connectivity index (χ3v) is 3.95. The molecule has 2 aromatic rings. The number of nitrogens with one attached hydrogen (secondary N) is 1. The van der Waals surface area contributed by atoms with Crippen molar-refractivity contribution in [2.45, 2.75) is 26.0 Å². The minimum absolute atomic E-state index is 0.00834. The Kier molecular flexibility index (Phi) is 7.29. The largest absolute Gasteiger partial charge is 0.497 e. The summed E-state index contributed by atoms with van der Waals surface area (Å²) in [4.78, 5) is 12.2. The number of ether oxygens (including phenoxy) is 3.